The number of hydrogen-bond donors (Lipinski definition) is 5. The monoisotopic (exact) mass is 271 g/mol. The third kappa shape index (κ3) is 5.63. The standard InChI is InChI=1S/C13H21NO5/c15-2-1-9-3-10(5-12(18)7-16)14-11(4-9)6-13(19)8-17/h3-4,12-13,15-19H,1-2,5-8H2. The van der Waals surface area contributed by atoms with Crippen molar-refractivity contribution in [1.29, 1.82) is 0 Å². The molecule has 6 nitrogen and oxygen atoms in total. The number of rotatable bonds is 8. The SMILES string of the molecule is OCCc1cc(CC(O)CO)nc(CC(O)CO)c1. The number of aliphatic hydroxyl groups excluding tert-OH is 5. The van der Waals surface area contributed by atoms with E-state index in [9.17, 15) is 10.2 Å². The molecule has 5 N–H and O–H groups in total. The van der Waals surface area contributed by atoms with Crippen molar-refractivity contribution in [3.8, 4) is 0 Å². The number of nitrogens with zero attached hydrogens (tertiary/aromatic N) is 1. The van der Waals surface area contributed by atoms with E-state index in [1.807, 2.05) is 0 Å². The second-order valence-corrected chi connectivity index (χ2v) is 4.51. The van der Waals surface area contributed by atoms with Crippen LogP contribution in [0.1, 0.15) is 17.0 Å². The van der Waals surface area contributed by atoms with Crippen molar-refractivity contribution >= 4 is 0 Å². The minimum Gasteiger partial charge on any atom is -0.396 e. The molecule has 6 heteroatoms. The fourth-order valence-corrected chi connectivity index (χ4v) is 1.81. The van der Waals surface area contributed by atoms with Crippen LogP contribution in [0.3, 0.4) is 0 Å². The van der Waals surface area contributed by atoms with Crippen LogP contribution in [0.25, 0.3) is 0 Å². The maximum absolute atomic E-state index is 9.42. The van der Waals surface area contributed by atoms with Gasteiger partial charge < -0.3 is 25.5 Å². The topological polar surface area (TPSA) is 114 Å². The summed E-state index contributed by atoms with van der Waals surface area (Å²) in [5.41, 5.74) is 2.03. The summed E-state index contributed by atoms with van der Waals surface area (Å²) in [5.74, 6) is 0. The predicted molar refractivity (Wildman–Crippen MR) is 68.6 cm³/mol. The fourth-order valence-electron chi connectivity index (χ4n) is 1.81. The summed E-state index contributed by atoms with van der Waals surface area (Å²) in [6.07, 6.45) is -0.900. The third-order valence-corrected chi connectivity index (χ3v) is 2.70. The lowest BCUT2D eigenvalue weighted by Gasteiger charge is -2.12. The minimum atomic E-state index is -0.882. The van der Waals surface area contributed by atoms with E-state index in [-0.39, 0.29) is 32.7 Å². The van der Waals surface area contributed by atoms with Crippen LogP contribution in [0.15, 0.2) is 12.1 Å². The van der Waals surface area contributed by atoms with Gasteiger partial charge in [0.1, 0.15) is 0 Å². The van der Waals surface area contributed by atoms with Gasteiger partial charge in [0.2, 0.25) is 0 Å². The Hall–Kier alpha value is -1.05. The zero-order valence-electron chi connectivity index (χ0n) is 10.7. The number of hydrogen-bond acceptors (Lipinski definition) is 6. The first kappa shape index (κ1) is 16.0. The smallest absolute Gasteiger partial charge is 0.0826 e. The van der Waals surface area contributed by atoms with Gasteiger partial charge in [-0.3, -0.25) is 4.98 Å². The largest absolute Gasteiger partial charge is 0.396 e. The molecule has 0 radical (unpaired) electrons. The summed E-state index contributed by atoms with van der Waals surface area (Å²) in [6, 6.07) is 3.51. The van der Waals surface area contributed by atoms with Gasteiger partial charge in [-0.1, -0.05) is 0 Å². The Kier molecular flexibility index (Phi) is 6.90. The maximum Gasteiger partial charge on any atom is 0.0826 e. The Morgan fingerprint density at radius 3 is 1.74 bits per heavy atom. The van der Waals surface area contributed by atoms with Crippen molar-refractivity contribution in [1.82, 2.24) is 4.98 Å². The molecule has 1 rings (SSSR count). The predicted octanol–water partition coefficient (Wildman–Crippen LogP) is -1.59. The number of aromatic nitrogens is 1. The summed E-state index contributed by atoms with van der Waals surface area (Å²) < 4.78 is 0. The molecule has 0 aliphatic rings. The minimum absolute atomic E-state index is 0.00595. The van der Waals surface area contributed by atoms with E-state index in [4.69, 9.17) is 15.3 Å². The highest BCUT2D eigenvalue weighted by Crippen LogP contribution is 2.11. The fraction of sp³-hybridized carbons (Fsp3) is 0.615. The lowest BCUT2D eigenvalue weighted by molar-refractivity contribution is 0.0927. The Morgan fingerprint density at radius 2 is 1.37 bits per heavy atom. The van der Waals surface area contributed by atoms with E-state index in [0.29, 0.717) is 17.8 Å². The molecule has 0 amide bonds. The van der Waals surface area contributed by atoms with Crippen LogP contribution in [-0.4, -0.2) is 62.5 Å². The molecule has 0 saturated heterocycles. The van der Waals surface area contributed by atoms with Crippen LogP contribution in [-0.2, 0) is 19.3 Å². The van der Waals surface area contributed by atoms with Gasteiger partial charge in [-0.2, -0.15) is 0 Å². The van der Waals surface area contributed by atoms with E-state index in [1.54, 1.807) is 12.1 Å². The molecule has 0 aliphatic carbocycles. The molecule has 0 aromatic carbocycles. The zero-order valence-corrected chi connectivity index (χ0v) is 10.7. The molecule has 2 atom stereocenters. The third-order valence-electron chi connectivity index (χ3n) is 2.70. The Bertz CT molecular complexity index is 355. The van der Waals surface area contributed by atoms with E-state index >= 15 is 0 Å². The normalized spacial score (nSPS) is 14.4. The molecule has 1 heterocycles. The molecule has 1 aromatic heterocycles. The molecule has 2 unspecified atom stereocenters. The van der Waals surface area contributed by atoms with Gasteiger partial charge in [0.05, 0.1) is 25.4 Å². The Labute approximate surface area is 112 Å². The first-order valence-electron chi connectivity index (χ1n) is 6.26. The molecule has 0 bridgehead atoms. The first-order valence-corrected chi connectivity index (χ1v) is 6.26. The number of pyridine rings is 1. The quantitative estimate of drug-likeness (QED) is 0.389. The van der Waals surface area contributed by atoms with Crippen molar-refractivity contribution in [3.63, 3.8) is 0 Å². The summed E-state index contributed by atoms with van der Waals surface area (Å²) >= 11 is 0. The van der Waals surface area contributed by atoms with Crippen LogP contribution in [0, 0.1) is 0 Å². The molecule has 1 aromatic rings. The maximum atomic E-state index is 9.42. The highest BCUT2D eigenvalue weighted by molar-refractivity contribution is 5.23. The van der Waals surface area contributed by atoms with Gasteiger partial charge in [-0.05, 0) is 24.1 Å². The second kappa shape index (κ2) is 8.19. The van der Waals surface area contributed by atoms with Gasteiger partial charge in [-0.25, -0.2) is 0 Å². The van der Waals surface area contributed by atoms with Crippen molar-refractivity contribution in [2.75, 3.05) is 19.8 Å². The van der Waals surface area contributed by atoms with Gasteiger partial charge in [0, 0.05) is 30.8 Å². The summed E-state index contributed by atoms with van der Waals surface area (Å²) in [7, 11) is 0. The van der Waals surface area contributed by atoms with Gasteiger partial charge >= 0.3 is 0 Å². The van der Waals surface area contributed by atoms with Crippen LogP contribution in [0.2, 0.25) is 0 Å². The Morgan fingerprint density at radius 1 is 0.895 bits per heavy atom. The average Bonchev–Trinajstić information content (AvgIpc) is 2.38. The lowest BCUT2D eigenvalue weighted by Crippen LogP contribution is -2.19. The Balaban J connectivity index is 2.89. The average molecular weight is 271 g/mol. The summed E-state index contributed by atoms with van der Waals surface area (Å²) in [4.78, 5) is 4.27. The zero-order chi connectivity index (χ0) is 14.3. The highest BCUT2D eigenvalue weighted by atomic mass is 16.3. The lowest BCUT2D eigenvalue weighted by atomic mass is 10.1. The molecule has 0 fully saturated rings. The van der Waals surface area contributed by atoms with Gasteiger partial charge in [0.15, 0.2) is 0 Å². The molecule has 108 valence electrons. The van der Waals surface area contributed by atoms with E-state index < -0.39 is 12.2 Å². The van der Waals surface area contributed by atoms with E-state index in [1.165, 1.54) is 0 Å². The van der Waals surface area contributed by atoms with Crippen molar-refractivity contribution in [3.05, 3.63) is 29.1 Å². The van der Waals surface area contributed by atoms with Crippen LogP contribution >= 0.6 is 0 Å². The molecular weight excluding hydrogens is 250 g/mol. The molecular formula is C13H21NO5. The van der Waals surface area contributed by atoms with Crippen LogP contribution < -0.4 is 0 Å². The van der Waals surface area contributed by atoms with E-state index in [0.717, 1.165) is 5.56 Å². The number of aliphatic hydroxyl groups is 5. The molecule has 0 aliphatic heterocycles. The first-order chi connectivity index (χ1) is 9.08. The van der Waals surface area contributed by atoms with Crippen LogP contribution in [0.5, 0.6) is 0 Å². The van der Waals surface area contributed by atoms with E-state index in [2.05, 4.69) is 4.98 Å². The molecule has 19 heavy (non-hydrogen) atoms. The molecule has 0 spiro atoms. The summed E-state index contributed by atoms with van der Waals surface area (Å²) in [6.45, 7) is -0.699. The van der Waals surface area contributed by atoms with Crippen LogP contribution in [0.4, 0.5) is 0 Å². The molecule has 0 saturated carbocycles. The van der Waals surface area contributed by atoms with Crippen molar-refractivity contribution in [2.45, 2.75) is 31.5 Å². The highest BCUT2D eigenvalue weighted by Gasteiger charge is 2.11. The van der Waals surface area contributed by atoms with Gasteiger partial charge in [0.25, 0.3) is 0 Å². The van der Waals surface area contributed by atoms with Crippen molar-refractivity contribution < 1.29 is 25.5 Å². The van der Waals surface area contributed by atoms with Crippen molar-refractivity contribution in [2.24, 2.45) is 0 Å². The van der Waals surface area contributed by atoms with Gasteiger partial charge in [-0.15, -0.1) is 0 Å². The summed E-state index contributed by atoms with van der Waals surface area (Å²) in [5, 5.41) is 45.5. The second-order valence-electron chi connectivity index (χ2n) is 4.51.